The molecular formula is C18H17F2NO4. The van der Waals surface area contributed by atoms with Gasteiger partial charge in [-0.15, -0.1) is 0 Å². The molecule has 2 rings (SSSR count). The molecule has 0 saturated carbocycles. The first-order chi connectivity index (χ1) is 12.0. The first-order valence-electron chi connectivity index (χ1n) is 7.28. The highest BCUT2D eigenvalue weighted by molar-refractivity contribution is 6.02. The summed E-state index contributed by atoms with van der Waals surface area (Å²) in [6.45, 7) is -3.00. The maximum absolute atomic E-state index is 12.6. The molecule has 132 valence electrons. The standard InChI is InChI=1S/C18H17F2NO4/c1-23-14-9-7-13(8-10-14)21-16(22)11-6-12-4-3-5-15(24-2)17(12)25-18(19)20/h3-11,18H,1-2H3,(H,21,22)/b11-6+. The monoisotopic (exact) mass is 349 g/mol. The number of ether oxygens (including phenoxy) is 3. The second-order valence-corrected chi connectivity index (χ2v) is 4.81. The number of amides is 1. The van der Waals surface area contributed by atoms with Crippen LogP contribution in [0.25, 0.3) is 6.08 Å². The molecule has 0 aliphatic heterocycles. The second kappa shape index (κ2) is 8.68. The average molecular weight is 349 g/mol. The number of carbonyl (C=O) groups excluding carboxylic acids is 1. The van der Waals surface area contributed by atoms with E-state index in [4.69, 9.17) is 9.47 Å². The summed E-state index contributed by atoms with van der Waals surface area (Å²) in [6.07, 6.45) is 2.59. The summed E-state index contributed by atoms with van der Waals surface area (Å²) in [5.74, 6) is 0.265. The van der Waals surface area contributed by atoms with Gasteiger partial charge in [-0.1, -0.05) is 12.1 Å². The quantitative estimate of drug-likeness (QED) is 0.769. The zero-order chi connectivity index (χ0) is 18.2. The largest absolute Gasteiger partial charge is 0.497 e. The van der Waals surface area contributed by atoms with Crippen LogP contribution in [0.4, 0.5) is 14.5 Å². The van der Waals surface area contributed by atoms with Crippen molar-refractivity contribution in [3.63, 3.8) is 0 Å². The zero-order valence-electron chi connectivity index (χ0n) is 13.7. The van der Waals surface area contributed by atoms with E-state index in [-0.39, 0.29) is 11.5 Å². The van der Waals surface area contributed by atoms with Crippen molar-refractivity contribution in [3.05, 3.63) is 54.1 Å². The Kier molecular flexibility index (Phi) is 6.33. The number of carbonyl (C=O) groups is 1. The number of para-hydroxylation sites is 1. The zero-order valence-corrected chi connectivity index (χ0v) is 13.7. The number of alkyl halides is 2. The summed E-state index contributed by atoms with van der Waals surface area (Å²) >= 11 is 0. The molecule has 0 atom stereocenters. The number of nitrogens with one attached hydrogen (secondary N) is 1. The predicted molar refractivity (Wildman–Crippen MR) is 90.3 cm³/mol. The van der Waals surface area contributed by atoms with Crippen molar-refractivity contribution in [2.45, 2.75) is 6.61 Å². The summed E-state index contributed by atoms with van der Waals surface area (Å²) in [6, 6.07) is 11.4. The van der Waals surface area contributed by atoms with Crippen LogP contribution in [0.5, 0.6) is 17.2 Å². The molecule has 0 bridgehead atoms. The molecule has 0 spiro atoms. The summed E-state index contributed by atoms with van der Waals surface area (Å²) in [5, 5.41) is 2.65. The van der Waals surface area contributed by atoms with Gasteiger partial charge in [-0.05, 0) is 36.4 Å². The van der Waals surface area contributed by atoms with Gasteiger partial charge in [0.1, 0.15) is 5.75 Å². The molecule has 0 fully saturated rings. The molecule has 1 N–H and O–H groups in total. The van der Waals surface area contributed by atoms with Crippen LogP contribution in [0.3, 0.4) is 0 Å². The Bertz CT molecular complexity index is 745. The number of methoxy groups -OCH3 is 2. The van der Waals surface area contributed by atoms with Crippen molar-refractivity contribution in [2.75, 3.05) is 19.5 Å². The van der Waals surface area contributed by atoms with Crippen LogP contribution in [0.15, 0.2) is 48.5 Å². The molecule has 0 heterocycles. The molecule has 7 heteroatoms. The van der Waals surface area contributed by atoms with Crippen molar-refractivity contribution in [3.8, 4) is 17.2 Å². The lowest BCUT2D eigenvalue weighted by Crippen LogP contribution is -2.08. The van der Waals surface area contributed by atoms with Crippen LogP contribution in [0.2, 0.25) is 0 Å². The van der Waals surface area contributed by atoms with Gasteiger partial charge in [0.2, 0.25) is 5.91 Å². The van der Waals surface area contributed by atoms with E-state index in [0.29, 0.717) is 17.0 Å². The van der Waals surface area contributed by atoms with E-state index in [0.717, 1.165) is 0 Å². The molecule has 0 aliphatic carbocycles. The van der Waals surface area contributed by atoms with Gasteiger partial charge in [0, 0.05) is 17.3 Å². The van der Waals surface area contributed by atoms with Gasteiger partial charge in [0.05, 0.1) is 14.2 Å². The van der Waals surface area contributed by atoms with Gasteiger partial charge in [-0.25, -0.2) is 0 Å². The number of hydrogen-bond acceptors (Lipinski definition) is 4. The van der Waals surface area contributed by atoms with E-state index in [1.54, 1.807) is 37.4 Å². The highest BCUT2D eigenvalue weighted by Gasteiger charge is 2.14. The Morgan fingerprint density at radius 2 is 1.80 bits per heavy atom. The number of rotatable bonds is 7. The highest BCUT2D eigenvalue weighted by atomic mass is 19.3. The Hall–Kier alpha value is -3.09. The van der Waals surface area contributed by atoms with Crippen molar-refractivity contribution < 1.29 is 27.8 Å². The third-order valence-corrected chi connectivity index (χ3v) is 3.21. The molecule has 0 aliphatic rings. The molecule has 0 unspecified atom stereocenters. The maximum Gasteiger partial charge on any atom is 0.387 e. The Morgan fingerprint density at radius 3 is 2.40 bits per heavy atom. The van der Waals surface area contributed by atoms with Gasteiger partial charge < -0.3 is 19.5 Å². The fourth-order valence-electron chi connectivity index (χ4n) is 2.06. The molecule has 2 aromatic carbocycles. The minimum absolute atomic E-state index is 0.131. The van der Waals surface area contributed by atoms with Gasteiger partial charge >= 0.3 is 6.61 Å². The molecule has 0 saturated heterocycles. The first kappa shape index (κ1) is 18.3. The third-order valence-electron chi connectivity index (χ3n) is 3.21. The average Bonchev–Trinajstić information content (AvgIpc) is 2.61. The van der Waals surface area contributed by atoms with Crippen molar-refractivity contribution in [1.29, 1.82) is 0 Å². The topological polar surface area (TPSA) is 56.8 Å². The Balaban J connectivity index is 2.13. The van der Waals surface area contributed by atoms with Crippen molar-refractivity contribution in [2.24, 2.45) is 0 Å². The molecule has 0 aromatic heterocycles. The van der Waals surface area contributed by atoms with Crippen LogP contribution in [0, 0.1) is 0 Å². The van der Waals surface area contributed by atoms with Gasteiger partial charge in [-0.2, -0.15) is 8.78 Å². The van der Waals surface area contributed by atoms with E-state index in [9.17, 15) is 13.6 Å². The summed E-state index contributed by atoms with van der Waals surface area (Å²) < 4.78 is 39.7. The van der Waals surface area contributed by atoms with Crippen LogP contribution < -0.4 is 19.5 Å². The van der Waals surface area contributed by atoms with Gasteiger partial charge in [0.15, 0.2) is 11.5 Å². The number of hydrogen-bond donors (Lipinski definition) is 1. The van der Waals surface area contributed by atoms with Crippen molar-refractivity contribution >= 4 is 17.7 Å². The molecular weight excluding hydrogens is 332 g/mol. The van der Waals surface area contributed by atoms with Gasteiger partial charge in [0.25, 0.3) is 0 Å². The van der Waals surface area contributed by atoms with E-state index >= 15 is 0 Å². The Labute approximate surface area is 143 Å². The highest BCUT2D eigenvalue weighted by Crippen LogP contribution is 2.33. The van der Waals surface area contributed by atoms with Crippen LogP contribution in [-0.4, -0.2) is 26.7 Å². The third kappa shape index (κ3) is 5.20. The van der Waals surface area contributed by atoms with Gasteiger partial charge in [-0.3, -0.25) is 4.79 Å². The lowest BCUT2D eigenvalue weighted by molar-refractivity contribution is -0.111. The fraction of sp³-hybridized carbons (Fsp3) is 0.167. The summed E-state index contributed by atoms with van der Waals surface area (Å²) in [7, 11) is 2.89. The minimum Gasteiger partial charge on any atom is -0.497 e. The van der Waals surface area contributed by atoms with E-state index in [1.165, 1.54) is 31.4 Å². The minimum atomic E-state index is -3.00. The smallest absolute Gasteiger partial charge is 0.387 e. The predicted octanol–water partition coefficient (Wildman–Crippen LogP) is 3.96. The lowest BCUT2D eigenvalue weighted by atomic mass is 10.1. The number of halogens is 2. The second-order valence-electron chi connectivity index (χ2n) is 4.81. The molecule has 0 radical (unpaired) electrons. The Morgan fingerprint density at radius 1 is 1.08 bits per heavy atom. The van der Waals surface area contributed by atoms with Crippen LogP contribution >= 0.6 is 0 Å². The van der Waals surface area contributed by atoms with E-state index < -0.39 is 12.5 Å². The first-order valence-corrected chi connectivity index (χ1v) is 7.28. The summed E-state index contributed by atoms with van der Waals surface area (Å²) in [4.78, 5) is 12.0. The summed E-state index contributed by atoms with van der Waals surface area (Å²) in [5.41, 5.74) is 0.870. The number of benzene rings is 2. The van der Waals surface area contributed by atoms with Crippen molar-refractivity contribution in [1.82, 2.24) is 0 Å². The van der Waals surface area contributed by atoms with E-state index in [2.05, 4.69) is 10.1 Å². The molecule has 2 aromatic rings. The maximum atomic E-state index is 12.6. The SMILES string of the molecule is COc1ccc(NC(=O)/C=C/c2cccc(OC)c2OC(F)F)cc1. The molecule has 25 heavy (non-hydrogen) atoms. The number of anilines is 1. The molecule has 5 nitrogen and oxygen atoms in total. The lowest BCUT2D eigenvalue weighted by Gasteiger charge is -2.12. The van der Waals surface area contributed by atoms with Crippen LogP contribution in [-0.2, 0) is 4.79 Å². The molecule has 1 amide bonds. The fourth-order valence-corrected chi connectivity index (χ4v) is 2.06. The normalized spacial score (nSPS) is 10.8. The van der Waals surface area contributed by atoms with Crippen LogP contribution in [0.1, 0.15) is 5.56 Å². The van der Waals surface area contributed by atoms with E-state index in [1.807, 2.05) is 0 Å².